The Morgan fingerprint density at radius 3 is 2.71 bits per heavy atom. The number of ether oxygens (including phenoxy) is 3. The van der Waals surface area contributed by atoms with Gasteiger partial charge >= 0.3 is 0 Å². The molecule has 0 bridgehead atoms. The predicted octanol–water partition coefficient (Wildman–Crippen LogP) is 2.69. The lowest BCUT2D eigenvalue weighted by Crippen LogP contribution is -2.12. The standard InChI is InChI=1S/C16H20O5/c1-18-7-4-8-19-9-10-20-12-14(17)16-11-13-5-2-3-6-15(13)21-16/h2-3,5-6,11H,4,7-10,12H2,1H3. The third-order valence-electron chi connectivity index (χ3n) is 2.94. The Morgan fingerprint density at radius 1 is 1.10 bits per heavy atom. The highest BCUT2D eigenvalue weighted by Crippen LogP contribution is 2.19. The van der Waals surface area contributed by atoms with Crippen molar-refractivity contribution in [3.63, 3.8) is 0 Å². The van der Waals surface area contributed by atoms with Crippen LogP contribution in [-0.4, -0.2) is 45.9 Å². The molecule has 5 nitrogen and oxygen atoms in total. The van der Waals surface area contributed by atoms with Gasteiger partial charge < -0.3 is 18.6 Å². The Kier molecular flexibility index (Phi) is 6.40. The van der Waals surface area contributed by atoms with Gasteiger partial charge in [0.25, 0.3) is 0 Å². The monoisotopic (exact) mass is 292 g/mol. The van der Waals surface area contributed by atoms with Crippen LogP contribution in [0.1, 0.15) is 17.0 Å². The number of Topliss-reactive ketones (excluding diaryl/α,β-unsaturated/α-hetero) is 1. The third-order valence-corrected chi connectivity index (χ3v) is 2.94. The fourth-order valence-electron chi connectivity index (χ4n) is 1.88. The van der Waals surface area contributed by atoms with E-state index in [0.29, 0.717) is 37.8 Å². The summed E-state index contributed by atoms with van der Waals surface area (Å²) in [5.41, 5.74) is 0.710. The molecular formula is C16H20O5. The number of hydrogen-bond acceptors (Lipinski definition) is 5. The highest BCUT2D eigenvalue weighted by Gasteiger charge is 2.11. The number of fused-ring (bicyclic) bond motifs is 1. The number of benzene rings is 1. The zero-order valence-electron chi connectivity index (χ0n) is 12.2. The third kappa shape index (κ3) is 4.97. The molecule has 0 spiro atoms. The van der Waals surface area contributed by atoms with Crippen LogP contribution in [0.25, 0.3) is 11.0 Å². The van der Waals surface area contributed by atoms with E-state index in [0.717, 1.165) is 11.8 Å². The minimum absolute atomic E-state index is 0.00124. The van der Waals surface area contributed by atoms with Gasteiger partial charge in [-0.05, 0) is 18.6 Å². The van der Waals surface area contributed by atoms with Crippen LogP contribution in [0.4, 0.5) is 0 Å². The van der Waals surface area contributed by atoms with Crippen LogP contribution in [0.15, 0.2) is 34.7 Å². The molecule has 0 atom stereocenters. The summed E-state index contributed by atoms with van der Waals surface area (Å²) < 4.78 is 21.0. The van der Waals surface area contributed by atoms with Crippen molar-refractivity contribution in [3.8, 4) is 0 Å². The van der Waals surface area contributed by atoms with Gasteiger partial charge in [0.15, 0.2) is 5.76 Å². The minimum Gasteiger partial charge on any atom is -0.453 e. The summed E-state index contributed by atoms with van der Waals surface area (Å²) in [7, 11) is 1.66. The smallest absolute Gasteiger partial charge is 0.223 e. The van der Waals surface area contributed by atoms with Crippen LogP contribution in [0.3, 0.4) is 0 Å². The SMILES string of the molecule is COCCCOCCOCC(=O)c1cc2ccccc2o1. The Morgan fingerprint density at radius 2 is 1.90 bits per heavy atom. The van der Waals surface area contributed by atoms with E-state index in [1.165, 1.54) is 0 Å². The number of carbonyl (C=O) groups excluding carboxylic acids is 1. The first-order valence-corrected chi connectivity index (χ1v) is 6.97. The average Bonchev–Trinajstić information content (AvgIpc) is 2.94. The Labute approximate surface area is 123 Å². The van der Waals surface area contributed by atoms with Gasteiger partial charge in [-0.15, -0.1) is 0 Å². The normalized spacial score (nSPS) is 11.1. The van der Waals surface area contributed by atoms with Crippen molar-refractivity contribution in [2.24, 2.45) is 0 Å². The molecule has 0 aliphatic heterocycles. The van der Waals surface area contributed by atoms with Crippen LogP contribution in [-0.2, 0) is 14.2 Å². The molecule has 21 heavy (non-hydrogen) atoms. The topological polar surface area (TPSA) is 57.9 Å². The summed E-state index contributed by atoms with van der Waals surface area (Å²) in [5, 5.41) is 0.919. The van der Waals surface area contributed by atoms with E-state index < -0.39 is 0 Å². The molecule has 0 amide bonds. The first-order chi connectivity index (χ1) is 10.3. The van der Waals surface area contributed by atoms with Crippen molar-refractivity contribution in [2.45, 2.75) is 6.42 Å². The van der Waals surface area contributed by atoms with Gasteiger partial charge in [0.2, 0.25) is 5.78 Å². The van der Waals surface area contributed by atoms with E-state index in [2.05, 4.69) is 0 Å². The molecule has 0 saturated heterocycles. The summed E-state index contributed by atoms with van der Waals surface area (Å²) in [4.78, 5) is 11.9. The van der Waals surface area contributed by atoms with Crippen molar-refractivity contribution < 1.29 is 23.4 Å². The predicted molar refractivity (Wildman–Crippen MR) is 78.7 cm³/mol. The number of para-hydroxylation sites is 1. The molecule has 0 unspecified atom stereocenters. The van der Waals surface area contributed by atoms with Gasteiger partial charge in [0.1, 0.15) is 12.2 Å². The molecule has 1 heterocycles. The molecule has 114 valence electrons. The molecule has 0 saturated carbocycles. The number of ketones is 1. The number of methoxy groups -OCH3 is 1. The quantitative estimate of drug-likeness (QED) is 0.498. The second kappa shape index (κ2) is 8.56. The average molecular weight is 292 g/mol. The maximum absolute atomic E-state index is 11.9. The lowest BCUT2D eigenvalue weighted by atomic mass is 10.2. The van der Waals surface area contributed by atoms with Gasteiger partial charge in [-0.2, -0.15) is 0 Å². The van der Waals surface area contributed by atoms with Crippen molar-refractivity contribution in [3.05, 3.63) is 36.1 Å². The first-order valence-electron chi connectivity index (χ1n) is 6.97. The van der Waals surface area contributed by atoms with Crippen LogP contribution in [0, 0.1) is 0 Å². The molecule has 1 aromatic heterocycles. The molecule has 2 aromatic rings. The van der Waals surface area contributed by atoms with Crippen LogP contribution < -0.4 is 0 Å². The first kappa shape index (κ1) is 15.7. The Balaban J connectivity index is 1.65. The summed E-state index contributed by atoms with van der Waals surface area (Å²) in [6.45, 7) is 2.18. The van der Waals surface area contributed by atoms with E-state index in [-0.39, 0.29) is 12.4 Å². The number of furan rings is 1. The van der Waals surface area contributed by atoms with E-state index >= 15 is 0 Å². The van der Waals surface area contributed by atoms with Crippen LogP contribution in [0.5, 0.6) is 0 Å². The van der Waals surface area contributed by atoms with Gasteiger partial charge in [-0.1, -0.05) is 18.2 Å². The zero-order valence-corrected chi connectivity index (χ0v) is 12.2. The molecule has 2 rings (SSSR count). The fourth-order valence-corrected chi connectivity index (χ4v) is 1.88. The van der Waals surface area contributed by atoms with Crippen LogP contribution in [0.2, 0.25) is 0 Å². The van der Waals surface area contributed by atoms with Crippen LogP contribution >= 0.6 is 0 Å². The Bertz CT molecular complexity index is 528. The molecule has 0 N–H and O–H groups in total. The summed E-state index contributed by atoms with van der Waals surface area (Å²) in [5.74, 6) is 0.169. The van der Waals surface area contributed by atoms with Gasteiger partial charge in [-0.3, -0.25) is 4.79 Å². The second-order valence-electron chi connectivity index (χ2n) is 4.58. The molecule has 1 aromatic carbocycles. The molecule has 5 heteroatoms. The molecule has 0 aliphatic rings. The van der Waals surface area contributed by atoms with Gasteiger partial charge in [0, 0.05) is 25.7 Å². The van der Waals surface area contributed by atoms with Crippen molar-refractivity contribution in [1.29, 1.82) is 0 Å². The molecule has 0 fully saturated rings. The van der Waals surface area contributed by atoms with Gasteiger partial charge in [0.05, 0.1) is 13.2 Å². The fraction of sp³-hybridized carbons (Fsp3) is 0.438. The highest BCUT2D eigenvalue weighted by atomic mass is 16.5. The Hall–Kier alpha value is -1.69. The molecular weight excluding hydrogens is 272 g/mol. The van der Waals surface area contributed by atoms with Gasteiger partial charge in [-0.25, -0.2) is 0 Å². The summed E-state index contributed by atoms with van der Waals surface area (Å²) >= 11 is 0. The van der Waals surface area contributed by atoms with E-state index in [1.54, 1.807) is 13.2 Å². The lowest BCUT2D eigenvalue weighted by Gasteiger charge is -2.04. The zero-order chi connectivity index (χ0) is 14.9. The largest absolute Gasteiger partial charge is 0.453 e. The van der Waals surface area contributed by atoms with Crippen molar-refractivity contribution >= 4 is 16.8 Å². The lowest BCUT2D eigenvalue weighted by molar-refractivity contribution is 0.0373. The highest BCUT2D eigenvalue weighted by molar-refractivity contribution is 5.98. The van der Waals surface area contributed by atoms with E-state index in [4.69, 9.17) is 18.6 Å². The van der Waals surface area contributed by atoms with Crippen molar-refractivity contribution in [1.82, 2.24) is 0 Å². The number of carbonyl (C=O) groups is 1. The summed E-state index contributed by atoms with van der Waals surface area (Å²) in [6.07, 6.45) is 0.856. The number of rotatable bonds is 10. The van der Waals surface area contributed by atoms with Crippen molar-refractivity contribution in [2.75, 3.05) is 40.1 Å². The van der Waals surface area contributed by atoms with E-state index in [1.807, 2.05) is 24.3 Å². The maximum Gasteiger partial charge on any atom is 0.223 e. The maximum atomic E-state index is 11.9. The molecule has 0 radical (unpaired) electrons. The minimum atomic E-state index is -0.161. The summed E-state index contributed by atoms with van der Waals surface area (Å²) in [6, 6.07) is 9.26. The van der Waals surface area contributed by atoms with E-state index in [9.17, 15) is 4.79 Å². The number of hydrogen-bond donors (Lipinski definition) is 0. The second-order valence-corrected chi connectivity index (χ2v) is 4.58. The molecule has 0 aliphatic carbocycles.